The minimum Gasteiger partial charge on any atom is -0.499 e. The number of hydrogen-bond donors (Lipinski definition) is 1. The fourth-order valence-corrected chi connectivity index (χ4v) is 1.57. The van der Waals surface area contributed by atoms with E-state index in [1.165, 1.54) is 0 Å². The smallest absolute Gasteiger partial charge is 0.472 e. The molecule has 0 aromatic carbocycles. The molecular weight excluding hydrogens is 271 g/mol. The van der Waals surface area contributed by atoms with E-state index in [1.54, 1.807) is 12.5 Å². The summed E-state index contributed by atoms with van der Waals surface area (Å²) < 4.78 is 30.9. The second-order valence-corrected chi connectivity index (χ2v) is 5.72. The molecule has 0 saturated heterocycles. The Labute approximate surface area is 114 Å². The summed E-state index contributed by atoms with van der Waals surface area (Å²) in [6.07, 6.45) is 3.11. The van der Waals surface area contributed by atoms with E-state index in [0.29, 0.717) is 0 Å². The zero-order valence-corrected chi connectivity index (χ0v) is 12.8. The Morgan fingerprint density at radius 1 is 0.895 bits per heavy atom. The molecule has 0 bridgehead atoms. The molecule has 0 unspecified atom stereocenters. The monoisotopic (exact) mass is 294 g/mol. The highest BCUT2D eigenvalue weighted by Gasteiger charge is 2.20. The first-order valence-corrected chi connectivity index (χ1v) is 7.45. The van der Waals surface area contributed by atoms with Crippen LogP contribution in [0, 0.1) is 0 Å². The third-order valence-electron chi connectivity index (χ3n) is 1.55. The summed E-state index contributed by atoms with van der Waals surface area (Å²) in [5.41, 5.74) is 2.00. The van der Waals surface area contributed by atoms with Crippen LogP contribution in [0.1, 0.15) is 27.7 Å². The standard InChI is InChI=1S/C12H23O6P/c1-11(2)9-15-5-7-17-19(13,14)18-8-6-16-10-12(3)4/h9-10H,5-8H2,1-4H3,(H,13,14). The Bertz CT molecular complexity index is 312. The van der Waals surface area contributed by atoms with Crippen molar-refractivity contribution in [2.45, 2.75) is 27.7 Å². The van der Waals surface area contributed by atoms with Gasteiger partial charge in [-0.3, -0.25) is 9.05 Å². The molecule has 0 aliphatic heterocycles. The summed E-state index contributed by atoms with van der Waals surface area (Å²) in [5, 5.41) is 0. The van der Waals surface area contributed by atoms with Crippen LogP contribution in [-0.2, 0) is 23.1 Å². The molecule has 0 fully saturated rings. The minimum absolute atomic E-state index is 0.0214. The molecule has 0 atom stereocenters. The van der Waals surface area contributed by atoms with E-state index in [9.17, 15) is 9.46 Å². The van der Waals surface area contributed by atoms with E-state index >= 15 is 0 Å². The van der Waals surface area contributed by atoms with E-state index in [1.807, 2.05) is 27.7 Å². The minimum atomic E-state index is -4.02. The quantitative estimate of drug-likeness (QED) is 0.379. The maximum atomic E-state index is 11.4. The summed E-state index contributed by atoms with van der Waals surface area (Å²) in [6, 6.07) is 0. The number of allylic oxidation sites excluding steroid dienone is 2. The van der Waals surface area contributed by atoms with Crippen LogP contribution in [0.4, 0.5) is 0 Å². The summed E-state index contributed by atoms with van der Waals surface area (Å²) in [7, 11) is -4.02. The molecule has 0 aromatic heterocycles. The van der Waals surface area contributed by atoms with Crippen LogP contribution < -0.4 is 0 Å². The van der Waals surface area contributed by atoms with Crippen molar-refractivity contribution in [2.75, 3.05) is 26.4 Å². The van der Waals surface area contributed by atoms with E-state index in [-0.39, 0.29) is 26.4 Å². The van der Waals surface area contributed by atoms with Gasteiger partial charge in [-0.2, -0.15) is 0 Å². The lowest BCUT2D eigenvalue weighted by Crippen LogP contribution is -2.05. The Morgan fingerprint density at radius 2 is 1.26 bits per heavy atom. The topological polar surface area (TPSA) is 74.2 Å². The highest BCUT2D eigenvalue weighted by Crippen LogP contribution is 2.42. The Balaban J connectivity index is 3.66. The SMILES string of the molecule is CC(C)=COCCOP(=O)(O)OCCOC=C(C)C. The Hall–Kier alpha value is -0.810. The molecule has 0 saturated carbocycles. The molecule has 0 spiro atoms. The molecule has 0 radical (unpaired) electrons. The van der Waals surface area contributed by atoms with Gasteiger partial charge in [0, 0.05) is 0 Å². The average molecular weight is 294 g/mol. The number of ether oxygens (including phenoxy) is 2. The highest BCUT2D eigenvalue weighted by atomic mass is 31.2. The van der Waals surface area contributed by atoms with Gasteiger partial charge in [0.05, 0.1) is 25.7 Å². The highest BCUT2D eigenvalue weighted by molar-refractivity contribution is 7.47. The lowest BCUT2D eigenvalue weighted by atomic mass is 10.4. The second kappa shape index (κ2) is 10.0. The largest absolute Gasteiger partial charge is 0.499 e. The summed E-state index contributed by atoms with van der Waals surface area (Å²) >= 11 is 0. The third-order valence-corrected chi connectivity index (χ3v) is 2.57. The van der Waals surface area contributed by atoms with Crippen molar-refractivity contribution in [1.29, 1.82) is 0 Å². The lowest BCUT2D eigenvalue weighted by Gasteiger charge is -2.11. The Kier molecular flexibility index (Phi) is 9.61. The summed E-state index contributed by atoms with van der Waals surface area (Å²) in [5.74, 6) is 0. The fourth-order valence-electron chi connectivity index (χ4n) is 0.890. The first-order chi connectivity index (χ1) is 8.83. The maximum Gasteiger partial charge on any atom is 0.472 e. The van der Waals surface area contributed by atoms with Gasteiger partial charge in [0.1, 0.15) is 13.2 Å². The number of hydrogen-bond acceptors (Lipinski definition) is 5. The Morgan fingerprint density at radius 3 is 1.58 bits per heavy atom. The van der Waals surface area contributed by atoms with Crippen molar-refractivity contribution >= 4 is 7.82 Å². The zero-order valence-electron chi connectivity index (χ0n) is 11.9. The van der Waals surface area contributed by atoms with Crippen LogP contribution in [0.2, 0.25) is 0 Å². The third kappa shape index (κ3) is 13.4. The van der Waals surface area contributed by atoms with Gasteiger partial charge in [0.15, 0.2) is 0 Å². The number of rotatable bonds is 10. The molecule has 0 aliphatic rings. The molecular formula is C12H23O6P. The van der Waals surface area contributed by atoms with Gasteiger partial charge >= 0.3 is 7.82 Å². The molecule has 0 aromatic rings. The first kappa shape index (κ1) is 18.2. The molecule has 0 heterocycles. The molecule has 0 aliphatic carbocycles. The molecule has 1 N–H and O–H groups in total. The molecule has 112 valence electrons. The van der Waals surface area contributed by atoms with Crippen molar-refractivity contribution in [3.63, 3.8) is 0 Å². The van der Waals surface area contributed by atoms with Crippen LogP contribution in [0.5, 0.6) is 0 Å². The van der Waals surface area contributed by atoms with Crippen LogP contribution in [0.25, 0.3) is 0 Å². The van der Waals surface area contributed by atoms with Gasteiger partial charge in [0.2, 0.25) is 0 Å². The van der Waals surface area contributed by atoms with Gasteiger partial charge in [0.25, 0.3) is 0 Å². The normalized spacial score (nSPS) is 10.8. The zero-order chi connectivity index (χ0) is 14.7. The van der Waals surface area contributed by atoms with E-state index in [0.717, 1.165) is 11.1 Å². The van der Waals surface area contributed by atoms with Crippen molar-refractivity contribution in [3.8, 4) is 0 Å². The van der Waals surface area contributed by atoms with Gasteiger partial charge in [-0.25, -0.2) is 4.57 Å². The van der Waals surface area contributed by atoms with Crippen LogP contribution >= 0.6 is 7.82 Å². The predicted octanol–water partition coefficient (Wildman–Crippen LogP) is 3.00. The lowest BCUT2D eigenvalue weighted by molar-refractivity contribution is 0.0982. The van der Waals surface area contributed by atoms with Crippen molar-refractivity contribution in [2.24, 2.45) is 0 Å². The molecule has 7 heteroatoms. The van der Waals surface area contributed by atoms with Crippen LogP contribution in [0.15, 0.2) is 23.7 Å². The second-order valence-electron chi connectivity index (χ2n) is 4.27. The first-order valence-electron chi connectivity index (χ1n) is 5.95. The maximum absolute atomic E-state index is 11.4. The van der Waals surface area contributed by atoms with Gasteiger partial charge < -0.3 is 14.4 Å². The van der Waals surface area contributed by atoms with Gasteiger partial charge in [-0.15, -0.1) is 0 Å². The van der Waals surface area contributed by atoms with E-state index in [2.05, 4.69) is 0 Å². The van der Waals surface area contributed by atoms with Crippen LogP contribution in [-0.4, -0.2) is 31.3 Å². The van der Waals surface area contributed by atoms with Gasteiger partial charge in [-0.05, 0) is 38.8 Å². The molecule has 19 heavy (non-hydrogen) atoms. The summed E-state index contributed by atoms with van der Waals surface area (Å²) in [4.78, 5) is 9.30. The predicted molar refractivity (Wildman–Crippen MR) is 72.5 cm³/mol. The van der Waals surface area contributed by atoms with Crippen molar-refractivity contribution in [3.05, 3.63) is 23.7 Å². The van der Waals surface area contributed by atoms with E-state index < -0.39 is 7.82 Å². The van der Waals surface area contributed by atoms with E-state index in [4.69, 9.17) is 18.5 Å². The number of phosphoric ester groups is 1. The average Bonchev–Trinajstić information content (AvgIpc) is 2.27. The molecule has 0 rings (SSSR count). The fraction of sp³-hybridized carbons (Fsp3) is 0.667. The van der Waals surface area contributed by atoms with Crippen LogP contribution in [0.3, 0.4) is 0 Å². The van der Waals surface area contributed by atoms with Crippen molar-refractivity contribution < 1.29 is 28.0 Å². The molecule has 6 nitrogen and oxygen atoms in total. The number of phosphoric acid groups is 1. The summed E-state index contributed by atoms with van der Waals surface area (Å²) in [6.45, 7) is 7.86. The van der Waals surface area contributed by atoms with Gasteiger partial charge in [-0.1, -0.05) is 0 Å². The van der Waals surface area contributed by atoms with Crippen molar-refractivity contribution in [1.82, 2.24) is 0 Å². The molecule has 0 amide bonds.